The molecular weight excluding hydrogens is 342 g/mol. The highest BCUT2D eigenvalue weighted by Gasteiger charge is 2.35. The molecule has 2 heterocycles. The van der Waals surface area contributed by atoms with E-state index in [1.54, 1.807) is 44.2 Å². The number of carbonyl (C=O) groups is 2. The zero-order valence-corrected chi connectivity index (χ0v) is 15.0. The number of ether oxygens (including phenoxy) is 1. The Morgan fingerprint density at radius 2 is 1.78 bits per heavy atom. The van der Waals surface area contributed by atoms with Gasteiger partial charge in [-0.3, -0.25) is 9.59 Å². The Morgan fingerprint density at radius 1 is 1.07 bits per heavy atom. The molecule has 0 aliphatic carbocycles. The third kappa shape index (κ3) is 3.29. The quantitative estimate of drug-likeness (QED) is 0.744. The number of hydrogen-bond acceptors (Lipinski definition) is 3. The number of benzene rings is 2. The van der Waals surface area contributed by atoms with Crippen molar-refractivity contribution in [2.45, 2.75) is 19.4 Å². The number of nitrogens with zero attached hydrogens (tertiary/aromatic N) is 1. The molecule has 6 nitrogen and oxygen atoms in total. The van der Waals surface area contributed by atoms with Crippen molar-refractivity contribution >= 4 is 23.2 Å². The Morgan fingerprint density at radius 3 is 2.48 bits per heavy atom. The maximum atomic E-state index is 12.5. The summed E-state index contributed by atoms with van der Waals surface area (Å²) in [7, 11) is 0. The van der Waals surface area contributed by atoms with Crippen LogP contribution in [0.4, 0.5) is 11.4 Å². The maximum absolute atomic E-state index is 12.5. The van der Waals surface area contributed by atoms with Gasteiger partial charge in [-0.25, -0.2) is 0 Å². The first-order valence-electron chi connectivity index (χ1n) is 8.62. The summed E-state index contributed by atoms with van der Waals surface area (Å²) in [5, 5.41) is 5.65. The number of nitrogens with one attached hydrogen (secondary N) is 2. The minimum atomic E-state index is -0.917. The van der Waals surface area contributed by atoms with Crippen LogP contribution in [0.5, 0.6) is 5.75 Å². The predicted octanol–water partition coefficient (Wildman–Crippen LogP) is 3.84. The van der Waals surface area contributed by atoms with Crippen molar-refractivity contribution in [3.05, 3.63) is 72.6 Å². The van der Waals surface area contributed by atoms with E-state index in [0.717, 1.165) is 5.69 Å². The Labute approximate surface area is 156 Å². The van der Waals surface area contributed by atoms with Gasteiger partial charge in [-0.1, -0.05) is 0 Å². The fraction of sp³-hybridized carbons (Fsp3) is 0.143. The molecule has 136 valence electrons. The molecule has 2 amide bonds. The molecule has 1 aliphatic rings. The molecule has 3 aromatic rings. The second-order valence-electron chi connectivity index (χ2n) is 6.87. The van der Waals surface area contributed by atoms with Gasteiger partial charge in [0.2, 0.25) is 0 Å². The van der Waals surface area contributed by atoms with Gasteiger partial charge < -0.3 is 19.9 Å². The van der Waals surface area contributed by atoms with E-state index in [1.807, 2.05) is 41.2 Å². The van der Waals surface area contributed by atoms with Crippen LogP contribution in [-0.4, -0.2) is 22.0 Å². The molecule has 1 aliphatic heterocycles. The normalized spacial score (nSPS) is 14.7. The largest absolute Gasteiger partial charge is 0.476 e. The smallest absolute Gasteiger partial charge is 0.268 e. The molecule has 6 heteroatoms. The first kappa shape index (κ1) is 16.9. The lowest BCUT2D eigenvalue weighted by molar-refractivity contribution is -0.129. The van der Waals surface area contributed by atoms with Gasteiger partial charge in [0.25, 0.3) is 11.8 Å². The third-order valence-electron chi connectivity index (χ3n) is 4.43. The highest BCUT2D eigenvalue weighted by atomic mass is 16.5. The Bertz CT molecular complexity index is 1010. The van der Waals surface area contributed by atoms with Crippen molar-refractivity contribution < 1.29 is 14.3 Å². The maximum Gasteiger partial charge on any atom is 0.268 e. The molecule has 0 radical (unpaired) electrons. The highest BCUT2D eigenvalue weighted by molar-refractivity contribution is 6.05. The molecule has 0 bridgehead atoms. The molecule has 0 saturated carbocycles. The van der Waals surface area contributed by atoms with Gasteiger partial charge in [0.15, 0.2) is 5.60 Å². The van der Waals surface area contributed by atoms with E-state index >= 15 is 0 Å². The Hall–Kier alpha value is -3.54. The fourth-order valence-electron chi connectivity index (χ4n) is 2.88. The van der Waals surface area contributed by atoms with E-state index in [-0.39, 0.29) is 11.8 Å². The van der Waals surface area contributed by atoms with Crippen LogP contribution in [0, 0.1) is 0 Å². The molecule has 1 aromatic heterocycles. The monoisotopic (exact) mass is 361 g/mol. The molecule has 0 unspecified atom stereocenters. The van der Waals surface area contributed by atoms with Crippen molar-refractivity contribution in [2.75, 3.05) is 10.6 Å². The minimum Gasteiger partial charge on any atom is -0.476 e. The second-order valence-corrected chi connectivity index (χ2v) is 6.87. The Kier molecular flexibility index (Phi) is 3.96. The average Bonchev–Trinajstić information content (AvgIpc) is 3.18. The number of carbonyl (C=O) groups excluding carboxylic acids is 2. The number of rotatable bonds is 3. The molecule has 4 rings (SSSR count). The van der Waals surface area contributed by atoms with Gasteiger partial charge >= 0.3 is 0 Å². The average molecular weight is 361 g/mol. The first-order chi connectivity index (χ1) is 12.9. The fourth-order valence-corrected chi connectivity index (χ4v) is 2.88. The van der Waals surface area contributed by atoms with E-state index in [9.17, 15) is 9.59 Å². The van der Waals surface area contributed by atoms with E-state index in [0.29, 0.717) is 22.7 Å². The van der Waals surface area contributed by atoms with Crippen LogP contribution in [0.2, 0.25) is 0 Å². The van der Waals surface area contributed by atoms with Gasteiger partial charge in [-0.05, 0) is 68.4 Å². The van der Waals surface area contributed by atoms with Crippen molar-refractivity contribution in [2.24, 2.45) is 0 Å². The van der Waals surface area contributed by atoms with E-state index in [4.69, 9.17) is 4.74 Å². The summed E-state index contributed by atoms with van der Waals surface area (Å²) >= 11 is 0. The summed E-state index contributed by atoms with van der Waals surface area (Å²) < 4.78 is 7.67. The summed E-state index contributed by atoms with van der Waals surface area (Å²) in [6, 6.07) is 16.4. The van der Waals surface area contributed by atoms with Crippen LogP contribution in [0.15, 0.2) is 67.0 Å². The lowest BCUT2D eigenvalue weighted by Crippen LogP contribution is -2.45. The second kappa shape index (κ2) is 6.32. The van der Waals surface area contributed by atoms with Crippen molar-refractivity contribution in [1.29, 1.82) is 0 Å². The van der Waals surface area contributed by atoms with Crippen LogP contribution in [0.1, 0.15) is 24.2 Å². The van der Waals surface area contributed by atoms with E-state index in [1.165, 1.54) is 0 Å². The van der Waals surface area contributed by atoms with Crippen molar-refractivity contribution in [1.82, 2.24) is 4.57 Å². The van der Waals surface area contributed by atoms with Crippen LogP contribution < -0.4 is 15.4 Å². The van der Waals surface area contributed by atoms with Crippen LogP contribution in [0.25, 0.3) is 5.69 Å². The first-order valence-corrected chi connectivity index (χ1v) is 8.62. The van der Waals surface area contributed by atoms with Crippen molar-refractivity contribution in [3.8, 4) is 11.4 Å². The number of aromatic nitrogens is 1. The number of amides is 2. The zero-order chi connectivity index (χ0) is 19.0. The summed E-state index contributed by atoms with van der Waals surface area (Å²) in [6.45, 7) is 3.41. The highest BCUT2D eigenvalue weighted by Crippen LogP contribution is 2.35. The molecular formula is C21H19N3O3. The molecule has 0 spiro atoms. The summed E-state index contributed by atoms with van der Waals surface area (Å²) in [5.41, 5.74) is 1.73. The molecule has 27 heavy (non-hydrogen) atoms. The minimum absolute atomic E-state index is 0.223. The zero-order valence-electron chi connectivity index (χ0n) is 15.0. The number of anilines is 2. The molecule has 0 saturated heterocycles. The van der Waals surface area contributed by atoms with Crippen LogP contribution >= 0.6 is 0 Å². The Balaban J connectivity index is 1.50. The third-order valence-corrected chi connectivity index (χ3v) is 4.43. The van der Waals surface area contributed by atoms with E-state index in [2.05, 4.69) is 10.6 Å². The lowest BCUT2D eigenvalue weighted by Gasteiger charge is -2.31. The molecule has 2 N–H and O–H groups in total. The number of fused-ring (bicyclic) bond motifs is 1. The SMILES string of the molecule is CC1(C)Oc2ccc(NC(=O)c3ccc(-n4cccc4)cc3)cc2NC1=O. The van der Waals surface area contributed by atoms with Gasteiger partial charge in [-0.15, -0.1) is 0 Å². The van der Waals surface area contributed by atoms with E-state index < -0.39 is 5.60 Å². The predicted molar refractivity (Wildman–Crippen MR) is 104 cm³/mol. The van der Waals surface area contributed by atoms with Gasteiger partial charge in [0.05, 0.1) is 5.69 Å². The van der Waals surface area contributed by atoms with Crippen LogP contribution in [-0.2, 0) is 4.79 Å². The van der Waals surface area contributed by atoms with Gasteiger partial charge in [0.1, 0.15) is 5.75 Å². The molecule has 0 atom stereocenters. The molecule has 0 fully saturated rings. The van der Waals surface area contributed by atoms with Crippen LogP contribution in [0.3, 0.4) is 0 Å². The lowest BCUT2D eigenvalue weighted by atomic mass is 10.1. The summed E-state index contributed by atoms with van der Waals surface area (Å²) in [6.07, 6.45) is 3.89. The topological polar surface area (TPSA) is 72.4 Å². The van der Waals surface area contributed by atoms with Crippen molar-refractivity contribution in [3.63, 3.8) is 0 Å². The van der Waals surface area contributed by atoms with Gasteiger partial charge in [0, 0.05) is 29.3 Å². The standard InChI is InChI=1S/C21H19N3O3/c1-21(2)20(26)23-17-13-15(7-10-18(17)27-21)22-19(25)14-5-8-16(9-6-14)24-11-3-4-12-24/h3-13H,1-2H3,(H,22,25)(H,23,26). The number of hydrogen-bond donors (Lipinski definition) is 2. The van der Waals surface area contributed by atoms with Gasteiger partial charge in [-0.2, -0.15) is 0 Å². The molecule has 2 aromatic carbocycles. The summed E-state index contributed by atoms with van der Waals surface area (Å²) in [5.74, 6) is 0.130. The summed E-state index contributed by atoms with van der Waals surface area (Å²) in [4.78, 5) is 24.5.